The number of nitrogens with two attached hydrogens (primary N) is 1. The average molecular weight is 291 g/mol. The summed E-state index contributed by atoms with van der Waals surface area (Å²) >= 11 is 0. The largest absolute Gasteiger partial charge is 0.465 e. The number of para-hydroxylation sites is 1. The van der Waals surface area contributed by atoms with E-state index in [4.69, 9.17) is 9.90 Å². The number of nitro groups is 1. The molecule has 112 valence electrons. The second-order valence-electron chi connectivity index (χ2n) is 4.64. The maximum Gasteiger partial charge on any atom is 0.402 e. The third-order valence-electron chi connectivity index (χ3n) is 2.84. The fraction of sp³-hybridized carbons (Fsp3) is 0.214. The predicted molar refractivity (Wildman–Crippen MR) is 79.5 cm³/mol. The van der Waals surface area contributed by atoms with Gasteiger partial charge >= 0.3 is 6.09 Å². The van der Waals surface area contributed by atoms with Crippen LogP contribution in [-0.4, -0.2) is 21.7 Å². The molecule has 4 N–H and O–H groups in total. The summed E-state index contributed by atoms with van der Waals surface area (Å²) in [5.41, 5.74) is 4.94. The number of carboxylic acid groups (broad SMARTS) is 1. The van der Waals surface area contributed by atoms with Gasteiger partial charge in [0.25, 0.3) is 0 Å². The van der Waals surface area contributed by atoms with E-state index in [-0.39, 0.29) is 4.92 Å². The van der Waals surface area contributed by atoms with Crippen molar-refractivity contribution in [3.63, 3.8) is 0 Å². The van der Waals surface area contributed by atoms with Gasteiger partial charge in [-0.3, -0.25) is 10.1 Å². The van der Waals surface area contributed by atoms with Gasteiger partial charge in [-0.05, 0) is 24.3 Å². The SMILES string of the molecule is CC1([N+](=O)[O-])C=CC(Nc2ccccc2)=CC1.NC(=O)O. The molecule has 1 atom stereocenters. The molecule has 2 rings (SSSR count). The van der Waals surface area contributed by atoms with E-state index in [1.54, 1.807) is 19.1 Å². The minimum Gasteiger partial charge on any atom is -0.465 e. The van der Waals surface area contributed by atoms with Crippen molar-refractivity contribution >= 4 is 11.8 Å². The molecule has 0 saturated carbocycles. The molecule has 0 aliphatic heterocycles. The monoisotopic (exact) mass is 291 g/mol. The summed E-state index contributed by atoms with van der Waals surface area (Å²) in [5.74, 6) is 0. The first-order chi connectivity index (χ1) is 9.83. The minimum absolute atomic E-state index is 0.251. The summed E-state index contributed by atoms with van der Waals surface area (Å²) in [6.07, 6.45) is 4.33. The zero-order valence-electron chi connectivity index (χ0n) is 11.5. The van der Waals surface area contributed by atoms with Gasteiger partial charge in [0.1, 0.15) is 0 Å². The summed E-state index contributed by atoms with van der Waals surface area (Å²) in [5, 5.41) is 21.2. The van der Waals surface area contributed by atoms with Crippen LogP contribution < -0.4 is 11.1 Å². The van der Waals surface area contributed by atoms with Crippen LogP contribution in [-0.2, 0) is 0 Å². The van der Waals surface area contributed by atoms with E-state index in [1.807, 2.05) is 36.4 Å². The van der Waals surface area contributed by atoms with Gasteiger partial charge in [-0.1, -0.05) is 24.3 Å². The third-order valence-corrected chi connectivity index (χ3v) is 2.84. The number of carbonyl (C=O) groups is 1. The van der Waals surface area contributed by atoms with Crippen molar-refractivity contribution < 1.29 is 14.8 Å². The molecule has 0 heterocycles. The molecule has 1 aromatic carbocycles. The maximum absolute atomic E-state index is 10.8. The Labute approximate surface area is 121 Å². The van der Waals surface area contributed by atoms with Crippen molar-refractivity contribution in [3.8, 4) is 0 Å². The van der Waals surface area contributed by atoms with E-state index >= 15 is 0 Å². The predicted octanol–water partition coefficient (Wildman–Crippen LogP) is 2.60. The smallest absolute Gasteiger partial charge is 0.402 e. The fourth-order valence-corrected chi connectivity index (χ4v) is 1.64. The highest BCUT2D eigenvalue weighted by molar-refractivity contribution is 5.61. The van der Waals surface area contributed by atoms with E-state index in [0.29, 0.717) is 6.42 Å². The highest BCUT2D eigenvalue weighted by Gasteiger charge is 2.34. The number of anilines is 1. The topological polar surface area (TPSA) is 118 Å². The molecule has 0 spiro atoms. The molecule has 0 saturated heterocycles. The molecular formula is C14H17N3O4. The van der Waals surface area contributed by atoms with Crippen LogP contribution in [0.5, 0.6) is 0 Å². The summed E-state index contributed by atoms with van der Waals surface area (Å²) in [4.78, 5) is 19.4. The van der Waals surface area contributed by atoms with Crippen LogP contribution in [0.4, 0.5) is 10.5 Å². The van der Waals surface area contributed by atoms with Crippen molar-refractivity contribution in [2.24, 2.45) is 5.73 Å². The molecule has 1 aliphatic rings. The molecule has 0 fully saturated rings. The van der Waals surface area contributed by atoms with Crippen LogP contribution >= 0.6 is 0 Å². The number of nitrogens with one attached hydrogen (secondary N) is 1. The molecule has 7 nitrogen and oxygen atoms in total. The minimum atomic E-state index is -1.33. The lowest BCUT2D eigenvalue weighted by Crippen LogP contribution is -2.33. The summed E-state index contributed by atoms with van der Waals surface area (Å²) in [6.45, 7) is 1.62. The second kappa shape index (κ2) is 7.09. The number of benzene rings is 1. The second-order valence-corrected chi connectivity index (χ2v) is 4.64. The van der Waals surface area contributed by atoms with Gasteiger partial charge in [-0.2, -0.15) is 0 Å². The molecule has 0 bridgehead atoms. The lowest BCUT2D eigenvalue weighted by atomic mass is 9.93. The number of amides is 1. The van der Waals surface area contributed by atoms with Crippen molar-refractivity contribution in [1.29, 1.82) is 0 Å². The van der Waals surface area contributed by atoms with Crippen molar-refractivity contribution in [2.75, 3.05) is 5.32 Å². The highest BCUT2D eigenvalue weighted by Crippen LogP contribution is 2.24. The molecule has 0 aromatic heterocycles. The first-order valence-corrected chi connectivity index (χ1v) is 6.18. The number of nitrogens with zero attached hydrogens (tertiary/aromatic N) is 1. The average Bonchev–Trinajstić information content (AvgIpc) is 2.42. The van der Waals surface area contributed by atoms with Crippen molar-refractivity contribution in [1.82, 2.24) is 0 Å². The lowest BCUT2D eigenvalue weighted by molar-refractivity contribution is -0.549. The first kappa shape index (κ1) is 16.2. The Morgan fingerprint density at radius 2 is 2.00 bits per heavy atom. The Kier molecular flexibility index (Phi) is 5.48. The van der Waals surface area contributed by atoms with Gasteiger partial charge in [0.15, 0.2) is 0 Å². The molecular weight excluding hydrogens is 274 g/mol. The van der Waals surface area contributed by atoms with Gasteiger partial charge in [-0.25, -0.2) is 4.79 Å². The molecule has 1 amide bonds. The Morgan fingerprint density at radius 1 is 1.43 bits per heavy atom. The third kappa shape index (κ3) is 5.35. The van der Waals surface area contributed by atoms with Gasteiger partial charge in [0, 0.05) is 29.7 Å². The lowest BCUT2D eigenvalue weighted by Gasteiger charge is -2.20. The zero-order chi connectivity index (χ0) is 15.9. The standard InChI is InChI=1S/C13H14N2O2.CH3NO2/c1-13(15(16)17)9-7-12(8-10-13)14-11-5-3-2-4-6-11;2-1(3)4/h2-9,14H,10H2,1H3;2H2,(H,3,4). The zero-order valence-corrected chi connectivity index (χ0v) is 11.5. The van der Waals surface area contributed by atoms with Crippen LogP contribution in [0.3, 0.4) is 0 Å². The van der Waals surface area contributed by atoms with Crippen LogP contribution in [0.25, 0.3) is 0 Å². The molecule has 1 unspecified atom stereocenters. The quantitative estimate of drug-likeness (QED) is 0.584. The van der Waals surface area contributed by atoms with E-state index in [9.17, 15) is 10.1 Å². The molecule has 1 aliphatic carbocycles. The summed E-state index contributed by atoms with van der Waals surface area (Å²) < 4.78 is 0. The molecule has 21 heavy (non-hydrogen) atoms. The molecule has 0 radical (unpaired) electrons. The van der Waals surface area contributed by atoms with Gasteiger partial charge < -0.3 is 16.2 Å². The van der Waals surface area contributed by atoms with Crippen molar-refractivity contribution in [3.05, 3.63) is 64.4 Å². The molecule has 1 aromatic rings. The number of hydrogen-bond donors (Lipinski definition) is 3. The van der Waals surface area contributed by atoms with Gasteiger partial charge in [0.05, 0.1) is 0 Å². The number of hydrogen-bond acceptors (Lipinski definition) is 4. The Hall–Kier alpha value is -2.83. The molecule has 7 heteroatoms. The Balaban J connectivity index is 0.000000491. The Morgan fingerprint density at radius 3 is 2.43 bits per heavy atom. The highest BCUT2D eigenvalue weighted by atomic mass is 16.6. The Bertz CT molecular complexity index is 565. The number of allylic oxidation sites excluding steroid dienone is 1. The summed E-state index contributed by atoms with van der Waals surface area (Å²) in [7, 11) is 0. The van der Waals surface area contributed by atoms with Crippen molar-refractivity contribution in [2.45, 2.75) is 18.9 Å². The van der Waals surface area contributed by atoms with Gasteiger partial charge in [0.2, 0.25) is 5.54 Å². The normalized spacial score (nSPS) is 19.8. The summed E-state index contributed by atoms with van der Waals surface area (Å²) in [6, 6.07) is 9.74. The number of primary amides is 1. The number of rotatable bonds is 3. The van der Waals surface area contributed by atoms with Crippen LogP contribution in [0, 0.1) is 10.1 Å². The van der Waals surface area contributed by atoms with E-state index in [1.165, 1.54) is 0 Å². The maximum atomic E-state index is 10.8. The van der Waals surface area contributed by atoms with E-state index in [2.05, 4.69) is 11.1 Å². The van der Waals surface area contributed by atoms with Crippen LogP contribution in [0.2, 0.25) is 0 Å². The van der Waals surface area contributed by atoms with Crippen LogP contribution in [0.15, 0.2) is 54.3 Å². The van der Waals surface area contributed by atoms with E-state index < -0.39 is 11.6 Å². The first-order valence-electron chi connectivity index (χ1n) is 6.18. The fourth-order valence-electron chi connectivity index (χ4n) is 1.64. The van der Waals surface area contributed by atoms with E-state index in [0.717, 1.165) is 11.4 Å². The van der Waals surface area contributed by atoms with Gasteiger partial charge in [-0.15, -0.1) is 0 Å². The van der Waals surface area contributed by atoms with Crippen LogP contribution in [0.1, 0.15) is 13.3 Å².